The second-order valence-corrected chi connectivity index (χ2v) is 8.71. The summed E-state index contributed by atoms with van der Waals surface area (Å²) in [7, 11) is -2.98. The van der Waals surface area contributed by atoms with Crippen LogP contribution in [-0.2, 0) is 15.5 Å². The van der Waals surface area contributed by atoms with Crippen LogP contribution >= 0.6 is 0 Å². The summed E-state index contributed by atoms with van der Waals surface area (Å²) in [6.45, 7) is 0. The van der Waals surface area contributed by atoms with E-state index >= 15 is 0 Å². The Morgan fingerprint density at radius 2 is 1.86 bits per heavy atom. The summed E-state index contributed by atoms with van der Waals surface area (Å²) in [6.07, 6.45) is 2.01. The summed E-state index contributed by atoms with van der Waals surface area (Å²) >= 11 is 0. The number of anilines is 1. The number of hydrogen-bond acceptors (Lipinski definition) is 5. The second-order valence-electron chi connectivity index (χ2n) is 6.41. The summed E-state index contributed by atoms with van der Waals surface area (Å²) in [4.78, 5) is 4.75. The molecule has 0 bridgehead atoms. The average molecular weight is 412 g/mol. The lowest BCUT2D eigenvalue weighted by molar-refractivity contribution is 0.510. The number of rotatable bonds is 4. The van der Waals surface area contributed by atoms with Gasteiger partial charge in [-0.05, 0) is 29.8 Å². The Morgan fingerprint density at radius 1 is 1.14 bits per heavy atom. The van der Waals surface area contributed by atoms with E-state index in [0.717, 1.165) is 35.4 Å². The monoisotopic (exact) mass is 412 g/mol. The number of aliphatic imine (C=N–C) groups is 1. The van der Waals surface area contributed by atoms with Crippen LogP contribution in [0.15, 0.2) is 53.4 Å². The average Bonchev–Trinajstić information content (AvgIpc) is 2.55. The number of benzene rings is 2. The van der Waals surface area contributed by atoms with Crippen molar-refractivity contribution in [2.24, 2.45) is 10.7 Å². The van der Waals surface area contributed by atoms with Crippen molar-refractivity contribution in [1.29, 1.82) is 4.78 Å². The molecule has 1 aliphatic heterocycles. The Hall–Kier alpha value is -2.88. The van der Waals surface area contributed by atoms with Gasteiger partial charge in [-0.2, -0.15) is 0 Å². The van der Waals surface area contributed by atoms with Crippen molar-refractivity contribution in [3.63, 3.8) is 0 Å². The lowest BCUT2D eigenvalue weighted by Gasteiger charge is -2.34. The first kappa shape index (κ1) is 19.9. The van der Waals surface area contributed by atoms with Crippen LogP contribution in [0.2, 0.25) is 0 Å². The first-order valence-electron chi connectivity index (χ1n) is 7.99. The third-order valence-electron chi connectivity index (χ3n) is 4.01. The zero-order chi connectivity index (χ0) is 20.6. The fraction of sp³-hybridized carbons (Fsp3) is 0.167. The van der Waals surface area contributed by atoms with E-state index in [1.807, 2.05) is 0 Å². The normalized spacial score (nSPS) is 19.0. The van der Waals surface area contributed by atoms with Gasteiger partial charge in [-0.1, -0.05) is 6.07 Å². The molecule has 2 aromatic carbocycles. The third-order valence-corrected chi connectivity index (χ3v) is 4.89. The first-order valence-corrected chi connectivity index (χ1v) is 10.1. The van der Waals surface area contributed by atoms with Gasteiger partial charge in [0, 0.05) is 33.3 Å². The van der Waals surface area contributed by atoms with Gasteiger partial charge in [0.1, 0.15) is 29.3 Å². The fourth-order valence-electron chi connectivity index (χ4n) is 2.98. The number of guanidine groups is 1. The van der Waals surface area contributed by atoms with E-state index in [9.17, 15) is 21.8 Å². The van der Waals surface area contributed by atoms with Crippen LogP contribution in [0.4, 0.5) is 23.2 Å². The lowest BCUT2D eigenvalue weighted by atomic mass is 10.0. The molecule has 3 N–H and O–H groups in total. The Balaban J connectivity index is 2.14. The maximum Gasteiger partial charge on any atom is 0.201 e. The molecule has 0 radical (unpaired) electrons. The van der Waals surface area contributed by atoms with E-state index in [1.54, 1.807) is 0 Å². The molecular formula is C18H16F4N4OS. The van der Waals surface area contributed by atoms with Crippen molar-refractivity contribution in [1.82, 2.24) is 0 Å². The number of hydrogen-bond donors (Lipinski definition) is 2. The molecule has 2 atom stereocenters. The standard InChI is InChI=1S/C18H16F4N4OS/c1-28(24,27)9-10-4-12(20)6-13(5-10)26-17(16(22)8-25-18(26)23)14-3-2-11(19)7-15(14)21/h2-8,17,24H,9H2,1H3,(H2,23,25). The van der Waals surface area contributed by atoms with Crippen LogP contribution < -0.4 is 10.6 Å². The predicted octanol–water partition coefficient (Wildman–Crippen LogP) is 3.97. The van der Waals surface area contributed by atoms with Gasteiger partial charge in [0.15, 0.2) is 0 Å². The molecule has 2 unspecified atom stereocenters. The Labute approximate surface area is 159 Å². The molecule has 10 heteroatoms. The second kappa shape index (κ2) is 7.27. The largest absolute Gasteiger partial charge is 0.369 e. The van der Waals surface area contributed by atoms with Gasteiger partial charge in [0.05, 0.1) is 12.0 Å². The highest BCUT2D eigenvalue weighted by atomic mass is 32.2. The van der Waals surface area contributed by atoms with Crippen molar-refractivity contribution in [2.75, 3.05) is 11.2 Å². The molecule has 2 aromatic rings. The molecule has 0 aromatic heterocycles. The topological polar surface area (TPSA) is 82.5 Å². The van der Waals surface area contributed by atoms with Crippen molar-refractivity contribution in [3.05, 3.63) is 77.0 Å². The zero-order valence-electron chi connectivity index (χ0n) is 14.6. The van der Waals surface area contributed by atoms with Gasteiger partial charge >= 0.3 is 0 Å². The molecule has 0 spiro atoms. The molecule has 1 heterocycles. The van der Waals surface area contributed by atoms with Crippen LogP contribution in [0.25, 0.3) is 0 Å². The Kier molecular flexibility index (Phi) is 5.16. The van der Waals surface area contributed by atoms with Crippen LogP contribution in [0, 0.1) is 22.2 Å². The van der Waals surface area contributed by atoms with Crippen molar-refractivity contribution >= 4 is 21.4 Å². The number of halogens is 4. The summed E-state index contributed by atoms with van der Waals surface area (Å²) in [5.41, 5.74) is 5.88. The number of nitrogens with two attached hydrogens (primary N) is 1. The molecule has 0 amide bonds. The van der Waals surface area contributed by atoms with E-state index in [-0.39, 0.29) is 28.5 Å². The van der Waals surface area contributed by atoms with Gasteiger partial charge in [0.25, 0.3) is 0 Å². The van der Waals surface area contributed by atoms with Crippen LogP contribution in [-0.4, -0.2) is 16.4 Å². The number of nitrogens with zero attached hydrogens (tertiary/aromatic N) is 2. The fourth-order valence-corrected chi connectivity index (χ4v) is 3.78. The minimum Gasteiger partial charge on any atom is -0.369 e. The maximum absolute atomic E-state index is 14.6. The molecule has 0 saturated heterocycles. The van der Waals surface area contributed by atoms with Gasteiger partial charge in [-0.25, -0.2) is 26.8 Å². The molecule has 5 nitrogen and oxygen atoms in total. The lowest BCUT2D eigenvalue weighted by Crippen LogP contribution is -2.42. The molecule has 0 fully saturated rings. The predicted molar refractivity (Wildman–Crippen MR) is 99.3 cm³/mol. The minimum atomic E-state index is -2.98. The van der Waals surface area contributed by atoms with E-state index in [0.29, 0.717) is 6.07 Å². The minimum absolute atomic E-state index is 0.0249. The Morgan fingerprint density at radius 3 is 2.50 bits per heavy atom. The number of nitrogens with one attached hydrogen (secondary N) is 1. The van der Waals surface area contributed by atoms with Crippen LogP contribution in [0.3, 0.4) is 0 Å². The highest BCUT2D eigenvalue weighted by Gasteiger charge is 2.33. The first-order chi connectivity index (χ1) is 13.0. The third kappa shape index (κ3) is 4.16. The zero-order valence-corrected chi connectivity index (χ0v) is 15.4. The van der Waals surface area contributed by atoms with Crippen LogP contribution in [0.5, 0.6) is 0 Å². The molecule has 0 aliphatic carbocycles. The van der Waals surface area contributed by atoms with Gasteiger partial charge in [-0.3, -0.25) is 9.68 Å². The highest BCUT2D eigenvalue weighted by molar-refractivity contribution is 7.90. The molecule has 148 valence electrons. The molecule has 1 aliphatic rings. The van der Waals surface area contributed by atoms with Gasteiger partial charge in [0.2, 0.25) is 5.96 Å². The smallest absolute Gasteiger partial charge is 0.201 e. The summed E-state index contributed by atoms with van der Waals surface area (Å²) in [5, 5.41) is 0. The molecule has 3 rings (SSSR count). The molecule has 28 heavy (non-hydrogen) atoms. The SMILES string of the molecule is CS(=N)(=O)Cc1cc(F)cc(N2C(N)=NC=C(F)C2c2ccc(F)cc2F)c1. The van der Waals surface area contributed by atoms with Gasteiger partial charge in [-0.15, -0.1) is 0 Å². The van der Waals surface area contributed by atoms with Crippen molar-refractivity contribution in [3.8, 4) is 0 Å². The van der Waals surface area contributed by atoms with E-state index < -0.39 is 39.0 Å². The summed E-state index contributed by atoms with van der Waals surface area (Å²) in [6, 6.07) is 4.70. The molecular weight excluding hydrogens is 396 g/mol. The maximum atomic E-state index is 14.6. The van der Waals surface area contributed by atoms with Crippen molar-refractivity contribution < 1.29 is 21.8 Å². The van der Waals surface area contributed by atoms with E-state index in [1.165, 1.54) is 12.3 Å². The summed E-state index contributed by atoms with van der Waals surface area (Å²) < 4.78 is 75.7. The van der Waals surface area contributed by atoms with E-state index in [2.05, 4.69) is 4.99 Å². The van der Waals surface area contributed by atoms with E-state index in [4.69, 9.17) is 10.5 Å². The highest BCUT2D eigenvalue weighted by Crippen LogP contribution is 2.37. The molecule has 0 saturated carbocycles. The Bertz CT molecular complexity index is 1100. The van der Waals surface area contributed by atoms with Crippen LogP contribution in [0.1, 0.15) is 17.2 Å². The van der Waals surface area contributed by atoms with Gasteiger partial charge < -0.3 is 5.73 Å². The van der Waals surface area contributed by atoms with Crippen molar-refractivity contribution in [2.45, 2.75) is 11.8 Å². The summed E-state index contributed by atoms with van der Waals surface area (Å²) in [5.74, 6) is -3.95. The quantitative estimate of drug-likeness (QED) is 0.746.